The van der Waals surface area contributed by atoms with Crippen LogP contribution < -0.4 is 9.47 Å². The summed E-state index contributed by atoms with van der Waals surface area (Å²) in [5.74, 6) is 0.770. The minimum absolute atomic E-state index is 0.00645. The van der Waals surface area contributed by atoms with Crippen LogP contribution in [0.15, 0.2) is 24.3 Å². The van der Waals surface area contributed by atoms with E-state index in [9.17, 15) is 9.59 Å². The Balaban J connectivity index is 2.04. The van der Waals surface area contributed by atoms with Crippen molar-refractivity contribution in [2.45, 2.75) is 31.8 Å². The summed E-state index contributed by atoms with van der Waals surface area (Å²) < 4.78 is 15.6. The van der Waals surface area contributed by atoms with Crippen molar-refractivity contribution >= 4 is 17.8 Å². The summed E-state index contributed by atoms with van der Waals surface area (Å²) in [6.45, 7) is 0. The lowest BCUT2D eigenvalue weighted by Gasteiger charge is -2.19. The van der Waals surface area contributed by atoms with Crippen LogP contribution >= 0.6 is 0 Å². The average Bonchev–Trinajstić information content (AvgIpc) is 2.54. The maximum absolute atomic E-state index is 11.9. The molecule has 5 nitrogen and oxygen atoms in total. The Bertz CT molecular complexity index is 576. The number of ketones is 1. The van der Waals surface area contributed by atoms with Crippen molar-refractivity contribution < 1.29 is 23.8 Å². The highest BCUT2D eigenvalue weighted by Gasteiger charge is 2.24. The van der Waals surface area contributed by atoms with Crippen LogP contribution in [0.2, 0.25) is 0 Å². The highest BCUT2D eigenvalue weighted by Crippen LogP contribution is 2.25. The van der Waals surface area contributed by atoms with Gasteiger partial charge in [0.05, 0.1) is 14.2 Å². The molecule has 0 bridgehead atoms. The highest BCUT2D eigenvalue weighted by molar-refractivity contribution is 5.91. The van der Waals surface area contributed by atoms with E-state index in [4.69, 9.17) is 14.2 Å². The van der Waals surface area contributed by atoms with Gasteiger partial charge in [-0.25, -0.2) is 4.79 Å². The SMILES string of the molecule is COc1ccc(OC)c(/C=C/C(=O)O[C@H]2CCCCC2=O)c1. The molecule has 1 aromatic rings. The van der Waals surface area contributed by atoms with Crippen molar-refractivity contribution in [1.29, 1.82) is 0 Å². The van der Waals surface area contributed by atoms with E-state index < -0.39 is 12.1 Å². The molecular weight excluding hydrogens is 284 g/mol. The van der Waals surface area contributed by atoms with E-state index in [1.165, 1.54) is 6.08 Å². The summed E-state index contributed by atoms with van der Waals surface area (Å²) in [4.78, 5) is 23.5. The molecule has 1 aliphatic carbocycles. The standard InChI is InChI=1S/C17H20O5/c1-20-13-8-9-15(21-2)12(11-13)7-10-17(19)22-16-6-4-3-5-14(16)18/h7-11,16H,3-6H2,1-2H3/b10-7+/t16-/m0/s1. The predicted molar refractivity (Wildman–Crippen MR) is 81.9 cm³/mol. The minimum Gasteiger partial charge on any atom is -0.497 e. The largest absolute Gasteiger partial charge is 0.497 e. The highest BCUT2D eigenvalue weighted by atomic mass is 16.5. The Kier molecular flexibility index (Phi) is 5.58. The Morgan fingerprint density at radius 3 is 2.73 bits per heavy atom. The summed E-state index contributed by atoms with van der Waals surface area (Å²) in [5, 5.41) is 0. The fourth-order valence-electron chi connectivity index (χ4n) is 2.38. The number of carbonyl (C=O) groups excluding carboxylic acids is 2. The number of Topliss-reactive ketones (excluding diaryl/α,β-unsaturated/α-hetero) is 1. The van der Waals surface area contributed by atoms with Gasteiger partial charge in [0.15, 0.2) is 11.9 Å². The van der Waals surface area contributed by atoms with Gasteiger partial charge in [-0.1, -0.05) is 0 Å². The molecule has 5 heteroatoms. The van der Waals surface area contributed by atoms with Crippen molar-refractivity contribution in [1.82, 2.24) is 0 Å². The van der Waals surface area contributed by atoms with Crippen LogP contribution in [0.1, 0.15) is 31.2 Å². The van der Waals surface area contributed by atoms with E-state index in [1.807, 2.05) is 0 Å². The molecule has 0 spiro atoms. The first-order valence-corrected chi connectivity index (χ1v) is 7.27. The zero-order chi connectivity index (χ0) is 15.9. The lowest BCUT2D eigenvalue weighted by Crippen LogP contribution is -2.29. The van der Waals surface area contributed by atoms with Crippen LogP contribution in [-0.4, -0.2) is 32.1 Å². The van der Waals surface area contributed by atoms with Crippen LogP contribution in [0.5, 0.6) is 11.5 Å². The second kappa shape index (κ2) is 7.64. The lowest BCUT2D eigenvalue weighted by molar-refractivity contribution is -0.152. The molecule has 0 aromatic heterocycles. The fourth-order valence-corrected chi connectivity index (χ4v) is 2.38. The third-order valence-corrected chi connectivity index (χ3v) is 3.59. The van der Waals surface area contributed by atoms with Gasteiger partial charge in [-0.15, -0.1) is 0 Å². The van der Waals surface area contributed by atoms with Gasteiger partial charge in [0, 0.05) is 18.1 Å². The second-order valence-corrected chi connectivity index (χ2v) is 5.08. The van der Waals surface area contributed by atoms with Crippen molar-refractivity contribution in [3.63, 3.8) is 0 Å². The molecule has 1 aliphatic rings. The van der Waals surface area contributed by atoms with Crippen molar-refractivity contribution in [3.05, 3.63) is 29.8 Å². The Hall–Kier alpha value is -2.30. The first-order valence-electron chi connectivity index (χ1n) is 7.27. The van der Waals surface area contributed by atoms with Crippen LogP contribution in [0, 0.1) is 0 Å². The van der Waals surface area contributed by atoms with Gasteiger partial charge in [-0.2, -0.15) is 0 Å². The molecule has 1 saturated carbocycles. The number of esters is 1. The second-order valence-electron chi connectivity index (χ2n) is 5.08. The number of carbonyl (C=O) groups is 2. The number of ether oxygens (including phenoxy) is 3. The van der Waals surface area contributed by atoms with Gasteiger partial charge >= 0.3 is 5.97 Å². The summed E-state index contributed by atoms with van der Waals surface area (Å²) >= 11 is 0. The van der Waals surface area contributed by atoms with Gasteiger partial charge in [0.2, 0.25) is 0 Å². The van der Waals surface area contributed by atoms with Gasteiger partial charge in [0.1, 0.15) is 11.5 Å². The third kappa shape index (κ3) is 4.10. The molecule has 2 rings (SSSR count). The van der Waals surface area contributed by atoms with Gasteiger partial charge in [-0.05, 0) is 43.5 Å². The Morgan fingerprint density at radius 1 is 1.23 bits per heavy atom. The average molecular weight is 304 g/mol. The van der Waals surface area contributed by atoms with E-state index in [0.717, 1.165) is 12.8 Å². The van der Waals surface area contributed by atoms with Crippen LogP contribution in [0.25, 0.3) is 6.08 Å². The van der Waals surface area contributed by atoms with Crippen LogP contribution in [0.4, 0.5) is 0 Å². The van der Waals surface area contributed by atoms with Crippen LogP contribution in [-0.2, 0) is 14.3 Å². The number of rotatable bonds is 5. The van der Waals surface area contributed by atoms with Gasteiger partial charge < -0.3 is 14.2 Å². The molecular formula is C17H20O5. The molecule has 118 valence electrons. The first-order chi connectivity index (χ1) is 10.6. The minimum atomic E-state index is -0.599. The maximum Gasteiger partial charge on any atom is 0.331 e. The summed E-state index contributed by atoms with van der Waals surface area (Å²) in [6, 6.07) is 5.29. The number of benzene rings is 1. The molecule has 0 saturated heterocycles. The molecule has 1 atom stereocenters. The van der Waals surface area contributed by atoms with Gasteiger partial charge in [-0.3, -0.25) is 4.79 Å². The molecule has 0 N–H and O–H groups in total. The van der Waals surface area contributed by atoms with Crippen molar-refractivity contribution in [3.8, 4) is 11.5 Å². The lowest BCUT2D eigenvalue weighted by atomic mass is 9.96. The molecule has 0 heterocycles. The molecule has 1 aromatic carbocycles. The zero-order valence-electron chi connectivity index (χ0n) is 12.8. The normalized spacial score (nSPS) is 18.3. The van der Waals surface area contributed by atoms with Crippen molar-refractivity contribution in [2.24, 2.45) is 0 Å². The molecule has 22 heavy (non-hydrogen) atoms. The monoisotopic (exact) mass is 304 g/mol. The predicted octanol–water partition coefficient (Wildman–Crippen LogP) is 2.77. The number of hydrogen-bond donors (Lipinski definition) is 0. The quantitative estimate of drug-likeness (QED) is 0.618. The molecule has 0 unspecified atom stereocenters. The van der Waals surface area contributed by atoms with E-state index >= 15 is 0 Å². The third-order valence-electron chi connectivity index (χ3n) is 3.59. The topological polar surface area (TPSA) is 61.8 Å². The van der Waals surface area contributed by atoms with E-state index in [1.54, 1.807) is 38.5 Å². The molecule has 0 radical (unpaired) electrons. The number of hydrogen-bond acceptors (Lipinski definition) is 5. The Labute approximate surface area is 129 Å². The molecule has 0 amide bonds. The van der Waals surface area contributed by atoms with Gasteiger partial charge in [0.25, 0.3) is 0 Å². The summed E-state index contributed by atoms with van der Waals surface area (Å²) in [7, 11) is 3.12. The van der Waals surface area contributed by atoms with E-state index in [0.29, 0.717) is 29.9 Å². The first kappa shape index (κ1) is 16.1. The van der Waals surface area contributed by atoms with Crippen LogP contribution in [0.3, 0.4) is 0 Å². The number of methoxy groups -OCH3 is 2. The molecule has 0 aliphatic heterocycles. The zero-order valence-corrected chi connectivity index (χ0v) is 12.8. The summed E-state index contributed by atoms with van der Waals surface area (Å²) in [5.41, 5.74) is 0.703. The fraction of sp³-hybridized carbons (Fsp3) is 0.412. The van der Waals surface area contributed by atoms with E-state index in [2.05, 4.69) is 0 Å². The maximum atomic E-state index is 11.9. The Morgan fingerprint density at radius 2 is 2.05 bits per heavy atom. The molecule has 1 fully saturated rings. The van der Waals surface area contributed by atoms with E-state index in [-0.39, 0.29) is 5.78 Å². The van der Waals surface area contributed by atoms with Crippen molar-refractivity contribution in [2.75, 3.05) is 14.2 Å². The smallest absolute Gasteiger partial charge is 0.331 e. The summed E-state index contributed by atoms with van der Waals surface area (Å²) in [6.07, 6.45) is 5.20.